The van der Waals surface area contributed by atoms with Crippen molar-refractivity contribution in [2.24, 2.45) is 17.8 Å². The zero-order chi connectivity index (χ0) is 9.47. The van der Waals surface area contributed by atoms with Crippen LogP contribution in [0.2, 0.25) is 0 Å². The third-order valence-electron chi connectivity index (χ3n) is 3.31. The highest BCUT2D eigenvalue weighted by Crippen LogP contribution is 2.43. The van der Waals surface area contributed by atoms with Gasteiger partial charge in [0.05, 0.1) is 0 Å². The summed E-state index contributed by atoms with van der Waals surface area (Å²) in [6.45, 7) is 7.94. The quantitative estimate of drug-likeness (QED) is 0.642. The summed E-state index contributed by atoms with van der Waals surface area (Å²) < 4.78 is 0. The average Bonchev–Trinajstić information content (AvgIpc) is 2.58. The Balaban J connectivity index is 1.81. The van der Waals surface area contributed by atoms with Gasteiger partial charge in [0.25, 0.3) is 0 Å². The van der Waals surface area contributed by atoms with Crippen LogP contribution in [0.25, 0.3) is 0 Å². The number of hydrogen-bond donors (Lipinski definition) is 1. The van der Waals surface area contributed by atoms with Crippen LogP contribution in [0.15, 0.2) is 12.2 Å². The number of hydrogen-bond acceptors (Lipinski definition) is 1. The van der Waals surface area contributed by atoms with Crippen LogP contribution in [0.5, 0.6) is 0 Å². The van der Waals surface area contributed by atoms with Crippen LogP contribution in [0.1, 0.15) is 33.6 Å². The first-order chi connectivity index (χ1) is 6.04. The number of fused-ring (bicyclic) bond motifs is 2. The Hall–Kier alpha value is -0.300. The Bertz CT molecular complexity index is 212. The Morgan fingerprint density at radius 3 is 2.46 bits per heavy atom. The normalized spacial score (nSPS) is 37.3. The van der Waals surface area contributed by atoms with E-state index in [0.29, 0.717) is 0 Å². The predicted octanol–water partition coefficient (Wildman–Crippen LogP) is 2.59. The van der Waals surface area contributed by atoms with E-state index >= 15 is 0 Å². The van der Waals surface area contributed by atoms with Gasteiger partial charge in [-0.1, -0.05) is 12.2 Å². The fourth-order valence-electron chi connectivity index (χ4n) is 2.57. The molecule has 0 radical (unpaired) electrons. The minimum Gasteiger partial charge on any atom is -0.312 e. The highest BCUT2D eigenvalue weighted by Gasteiger charge is 2.35. The lowest BCUT2D eigenvalue weighted by atomic mass is 9.92. The van der Waals surface area contributed by atoms with Crippen LogP contribution in [0.3, 0.4) is 0 Å². The van der Waals surface area contributed by atoms with Crippen molar-refractivity contribution in [3.63, 3.8) is 0 Å². The van der Waals surface area contributed by atoms with Gasteiger partial charge in [-0.25, -0.2) is 0 Å². The number of rotatable bonds is 2. The second-order valence-electron chi connectivity index (χ2n) is 5.67. The number of nitrogens with one attached hydrogen (secondary N) is 1. The van der Waals surface area contributed by atoms with Gasteiger partial charge in [-0.15, -0.1) is 0 Å². The van der Waals surface area contributed by atoms with Crippen molar-refractivity contribution < 1.29 is 0 Å². The topological polar surface area (TPSA) is 12.0 Å². The maximum Gasteiger partial charge on any atom is 0.00966 e. The first kappa shape index (κ1) is 9.26. The molecule has 74 valence electrons. The van der Waals surface area contributed by atoms with E-state index in [1.54, 1.807) is 0 Å². The second kappa shape index (κ2) is 3.13. The van der Waals surface area contributed by atoms with Crippen LogP contribution < -0.4 is 5.32 Å². The van der Waals surface area contributed by atoms with Gasteiger partial charge in [-0.05, 0) is 57.9 Å². The molecule has 13 heavy (non-hydrogen) atoms. The van der Waals surface area contributed by atoms with Crippen molar-refractivity contribution in [3.8, 4) is 0 Å². The molecule has 2 rings (SSSR count). The van der Waals surface area contributed by atoms with Crippen molar-refractivity contribution in [2.45, 2.75) is 39.2 Å². The molecule has 0 aliphatic heterocycles. The van der Waals surface area contributed by atoms with Crippen LogP contribution >= 0.6 is 0 Å². The summed E-state index contributed by atoms with van der Waals surface area (Å²) in [5.41, 5.74) is 0.283. The highest BCUT2D eigenvalue weighted by atomic mass is 14.9. The minimum atomic E-state index is 0.283. The van der Waals surface area contributed by atoms with Gasteiger partial charge in [0.2, 0.25) is 0 Å². The van der Waals surface area contributed by atoms with Gasteiger partial charge in [0.15, 0.2) is 0 Å². The second-order valence-corrected chi connectivity index (χ2v) is 5.67. The molecule has 2 bridgehead atoms. The van der Waals surface area contributed by atoms with Crippen LogP contribution in [0, 0.1) is 17.8 Å². The predicted molar refractivity (Wildman–Crippen MR) is 56.6 cm³/mol. The fourth-order valence-corrected chi connectivity index (χ4v) is 2.57. The molecule has 0 aromatic rings. The van der Waals surface area contributed by atoms with Gasteiger partial charge in [-0.2, -0.15) is 0 Å². The average molecular weight is 179 g/mol. The molecule has 1 nitrogen and oxygen atoms in total. The van der Waals surface area contributed by atoms with Crippen LogP contribution in [-0.2, 0) is 0 Å². The molecule has 0 heterocycles. The third kappa shape index (κ3) is 2.14. The summed E-state index contributed by atoms with van der Waals surface area (Å²) >= 11 is 0. The molecule has 0 unspecified atom stereocenters. The summed E-state index contributed by atoms with van der Waals surface area (Å²) in [5, 5.41) is 3.61. The molecule has 1 fully saturated rings. The molecule has 0 aromatic heterocycles. The lowest BCUT2D eigenvalue weighted by molar-refractivity contribution is 0.342. The SMILES string of the molecule is CC(C)(C)NC[C@@H]1C[C@@H]2C=C[C@H]1C2. The maximum absolute atomic E-state index is 3.61. The van der Waals surface area contributed by atoms with Gasteiger partial charge in [0, 0.05) is 5.54 Å². The maximum atomic E-state index is 3.61. The van der Waals surface area contributed by atoms with E-state index < -0.39 is 0 Å². The Morgan fingerprint density at radius 2 is 2.00 bits per heavy atom. The molecule has 2 aliphatic rings. The largest absolute Gasteiger partial charge is 0.312 e. The molecular formula is C12H21N. The monoisotopic (exact) mass is 179 g/mol. The molecule has 2 aliphatic carbocycles. The van der Waals surface area contributed by atoms with E-state index in [1.807, 2.05) is 0 Å². The van der Waals surface area contributed by atoms with E-state index in [-0.39, 0.29) is 5.54 Å². The summed E-state index contributed by atoms with van der Waals surface area (Å²) in [6, 6.07) is 0. The molecular weight excluding hydrogens is 158 g/mol. The van der Waals surface area contributed by atoms with Crippen molar-refractivity contribution in [1.82, 2.24) is 5.32 Å². The molecule has 0 spiro atoms. The summed E-state index contributed by atoms with van der Waals surface area (Å²) in [5.74, 6) is 2.71. The smallest absolute Gasteiger partial charge is 0.00966 e. The molecule has 1 saturated carbocycles. The van der Waals surface area contributed by atoms with Gasteiger partial charge >= 0.3 is 0 Å². The molecule has 0 saturated heterocycles. The van der Waals surface area contributed by atoms with Crippen molar-refractivity contribution in [3.05, 3.63) is 12.2 Å². The standard InChI is InChI=1S/C12H21N/c1-12(2,3)13-8-11-7-9-4-5-10(11)6-9/h4-5,9-11,13H,6-8H2,1-3H3/t9-,10+,11+/m1/s1. The van der Waals surface area contributed by atoms with E-state index in [0.717, 1.165) is 17.8 Å². The van der Waals surface area contributed by atoms with Crippen LogP contribution in [-0.4, -0.2) is 12.1 Å². The Labute approximate surface area is 81.6 Å². The molecule has 0 amide bonds. The lowest BCUT2D eigenvalue weighted by Gasteiger charge is -2.26. The molecule has 1 N–H and O–H groups in total. The lowest BCUT2D eigenvalue weighted by Crippen LogP contribution is -2.39. The zero-order valence-corrected chi connectivity index (χ0v) is 9.01. The first-order valence-corrected chi connectivity index (χ1v) is 5.48. The Kier molecular flexibility index (Phi) is 2.23. The highest BCUT2D eigenvalue weighted by molar-refractivity contribution is 5.10. The third-order valence-corrected chi connectivity index (χ3v) is 3.31. The van der Waals surface area contributed by atoms with E-state index in [2.05, 4.69) is 38.2 Å². The first-order valence-electron chi connectivity index (χ1n) is 5.48. The van der Waals surface area contributed by atoms with Gasteiger partial charge in [0.1, 0.15) is 0 Å². The minimum absolute atomic E-state index is 0.283. The number of allylic oxidation sites excluding steroid dienone is 2. The van der Waals surface area contributed by atoms with E-state index in [9.17, 15) is 0 Å². The van der Waals surface area contributed by atoms with Gasteiger partial charge < -0.3 is 5.32 Å². The summed E-state index contributed by atoms with van der Waals surface area (Å²) in [7, 11) is 0. The van der Waals surface area contributed by atoms with Crippen molar-refractivity contribution >= 4 is 0 Å². The van der Waals surface area contributed by atoms with E-state index in [4.69, 9.17) is 0 Å². The van der Waals surface area contributed by atoms with Gasteiger partial charge in [-0.3, -0.25) is 0 Å². The molecule has 0 aromatic carbocycles. The van der Waals surface area contributed by atoms with Crippen molar-refractivity contribution in [1.29, 1.82) is 0 Å². The van der Waals surface area contributed by atoms with Crippen LogP contribution in [0.4, 0.5) is 0 Å². The Morgan fingerprint density at radius 1 is 1.23 bits per heavy atom. The molecule has 3 atom stereocenters. The zero-order valence-electron chi connectivity index (χ0n) is 9.01. The molecule has 1 heteroatoms. The summed E-state index contributed by atoms with van der Waals surface area (Å²) in [4.78, 5) is 0. The fraction of sp³-hybridized carbons (Fsp3) is 0.833. The summed E-state index contributed by atoms with van der Waals surface area (Å²) in [6.07, 6.45) is 7.70. The van der Waals surface area contributed by atoms with E-state index in [1.165, 1.54) is 19.4 Å². The van der Waals surface area contributed by atoms with Crippen molar-refractivity contribution in [2.75, 3.05) is 6.54 Å².